The van der Waals surface area contributed by atoms with Crippen LogP contribution >= 0.6 is 0 Å². The predicted molar refractivity (Wildman–Crippen MR) is 56.1 cm³/mol. The number of nitrogens with zero attached hydrogens (tertiary/aromatic N) is 2. The molecule has 0 saturated carbocycles. The first-order valence-electron chi connectivity index (χ1n) is 4.83. The van der Waals surface area contributed by atoms with E-state index < -0.39 is 17.8 Å². The first-order chi connectivity index (χ1) is 8.09. The summed E-state index contributed by atoms with van der Waals surface area (Å²) in [6, 6.07) is 4.82. The Kier molecular flexibility index (Phi) is 2.92. The molecule has 1 aromatic rings. The quantitative estimate of drug-likeness (QED) is 0.791. The third-order valence-corrected chi connectivity index (χ3v) is 2.34. The highest BCUT2D eigenvalue weighted by Gasteiger charge is 2.37. The molecule has 1 heterocycles. The molecule has 0 aromatic heterocycles. The summed E-state index contributed by atoms with van der Waals surface area (Å²) in [6.45, 7) is -0.0478. The van der Waals surface area contributed by atoms with Crippen molar-refractivity contribution in [1.29, 1.82) is 0 Å². The van der Waals surface area contributed by atoms with E-state index in [2.05, 4.69) is 5.16 Å². The Morgan fingerprint density at radius 2 is 2.29 bits per heavy atom. The van der Waals surface area contributed by atoms with Gasteiger partial charge in [0.05, 0.1) is 6.54 Å². The van der Waals surface area contributed by atoms with Crippen LogP contribution in [0, 0.1) is 5.82 Å². The lowest BCUT2D eigenvalue weighted by molar-refractivity contribution is -0.179. The Bertz CT molecular complexity index is 478. The fraction of sp³-hybridized carbons (Fsp3) is 0.200. The zero-order chi connectivity index (χ0) is 12.4. The fourth-order valence-corrected chi connectivity index (χ4v) is 1.51. The average molecular weight is 239 g/mol. The number of benzene rings is 1. The monoisotopic (exact) mass is 239 g/mol. The van der Waals surface area contributed by atoms with Crippen molar-refractivity contribution < 1.29 is 19.2 Å². The van der Waals surface area contributed by atoms with Gasteiger partial charge in [0.2, 0.25) is 6.04 Å². The SMILES string of the molecule is NC1=NON(Cc2ccccc2F)C1C(=O)O. The molecule has 0 amide bonds. The molecule has 0 bridgehead atoms. The van der Waals surface area contributed by atoms with Crippen molar-refractivity contribution in [2.24, 2.45) is 10.9 Å². The van der Waals surface area contributed by atoms with Gasteiger partial charge in [-0.1, -0.05) is 23.3 Å². The molecule has 2 rings (SSSR count). The Labute approximate surface area is 96.0 Å². The first kappa shape index (κ1) is 11.3. The van der Waals surface area contributed by atoms with Crippen LogP contribution in [0.3, 0.4) is 0 Å². The number of oxime groups is 1. The largest absolute Gasteiger partial charge is 0.480 e. The summed E-state index contributed by atoms with van der Waals surface area (Å²) < 4.78 is 13.4. The number of aliphatic carboxylic acids is 1. The van der Waals surface area contributed by atoms with Gasteiger partial charge in [-0.15, -0.1) is 0 Å². The summed E-state index contributed by atoms with van der Waals surface area (Å²) >= 11 is 0. The predicted octanol–water partition coefficient (Wildman–Crippen LogP) is 0.298. The van der Waals surface area contributed by atoms with E-state index in [1.54, 1.807) is 12.1 Å². The van der Waals surface area contributed by atoms with Gasteiger partial charge in [-0.3, -0.25) is 4.94 Å². The molecular formula is C10H10FN3O3. The van der Waals surface area contributed by atoms with Crippen LogP contribution in [-0.2, 0) is 16.3 Å². The van der Waals surface area contributed by atoms with Gasteiger partial charge in [0.15, 0.2) is 5.84 Å². The second-order valence-electron chi connectivity index (χ2n) is 3.51. The molecular weight excluding hydrogens is 229 g/mol. The zero-order valence-corrected chi connectivity index (χ0v) is 8.71. The summed E-state index contributed by atoms with van der Waals surface area (Å²) in [5.41, 5.74) is 5.68. The van der Waals surface area contributed by atoms with Gasteiger partial charge >= 0.3 is 5.97 Å². The number of carboxylic acids is 1. The highest BCUT2D eigenvalue weighted by atomic mass is 19.1. The number of halogens is 1. The molecule has 7 heteroatoms. The molecule has 1 atom stereocenters. The van der Waals surface area contributed by atoms with E-state index in [1.165, 1.54) is 12.1 Å². The van der Waals surface area contributed by atoms with E-state index in [4.69, 9.17) is 15.8 Å². The maximum atomic E-state index is 13.4. The van der Waals surface area contributed by atoms with Gasteiger partial charge in [-0.25, -0.2) is 9.18 Å². The molecule has 1 aliphatic heterocycles. The van der Waals surface area contributed by atoms with Crippen LogP contribution in [0.5, 0.6) is 0 Å². The van der Waals surface area contributed by atoms with Crippen molar-refractivity contribution in [3.8, 4) is 0 Å². The van der Waals surface area contributed by atoms with Gasteiger partial charge < -0.3 is 10.8 Å². The van der Waals surface area contributed by atoms with E-state index in [0.717, 1.165) is 5.06 Å². The van der Waals surface area contributed by atoms with Crippen molar-refractivity contribution in [1.82, 2.24) is 5.06 Å². The van der Waals surface area contributed by atoms with Crippen LogP contribution in [0.1, 0.15) is 5.56 Å². The first-order valence-corrected chi connectivity index (χ1v) is 4.83. The van der Waals surface area contributed by atoms with Crippen molar-refractivity contribution in [3.63, 3.8) is 0 Å². The minimum absolute atomic E-state index is 0.0478. The molecule has 3 N–H and O–H groups in total. The van der Waals surface area contributed by atoms with Crippen LogP contribution in [0.15, 0.2) is 29.4 Å². The molecule has 17 heavy (non-hydrogen) atoms. The van der Waals surface area contributed by atoms with Crippen LogP contribution in [0.2, 0.25) is 0 Å². The second kappa shape index (κ2) is 4.38. The molecule has 1 aromatic carbocycles. The fourth-order valence-electron chi connectivity index (χ4n) is 1.51. The highest BCUT2D eigenvalue weighted by Crippen LogP contribution is 2.16. The normalized spacial score (nSPS) is 19.8. The molecule has 1 unspecified atom stereocenters. The second-order valence-corrected chi connectivity index (χ2v) is 3.51. The maximum Gasteiger partial charge on any atom is 0.332 e. The van der Waals surface area contributed by atoms with E-state index in [0.29, 0.717) is 5.56 Å². The van der Waals surface area contributed by atoms with E-state index in [1.807, 2.05) is 0 Å². The van der Waals surface area contributed by atoms with Crippen molar-refractivity contribution in [3.05, 3.63) is 35.6 Å². The third-order valence-electron chi connectivity index (χ3n) is 2.34. The summed E-state index contributed by atoms with van der Waals surface area (Å²) in [5.74, 6) is -1.79. The van der Waals surface area contributed by atoms with Crippen LogP contribution in [0.25, 0.3) is 0 Å². The number of carboxylic acid groups (broad SMARTS) is 1. The van der Waals surface area contributed by atoms with Gasteiger partial charge in [-0.05, 0) is 11.2 Å². The smallest absolute Gasteiger partial charge is 0.332 e. The number of amidine groups is 1. The number of hydrogen-bond donors (Lipinski definition) is 2. The highest BCUT2D eigenvalue weighted by molar-refractivity contribution is 6.03. The van der Waals surface area contributed by atoms with Gasteiger partial charge in [0, 0.05) is 5.56 Å². The van der Waals surface area contributed by atoms with Crippen molar-refractivity contribution >= 4 is 11.8 Å². The van der Waals surface area contributed by atoms with Gasteiger partial charge in [-0.2, -0.15) is 0 Å². The lowest BCUT2D eigenvalue weighted by Crippen LogP contribution is -2.44. The minimum atomic E-state index is -1.19. The molecule has 0 saturated heterocycles. The standard InChI is InChI=1S/C10H10FN3O3/c11-7-4-2-1-3-6(7)5-14-8(10(15)16)9(12)13-17-14/h1-4,8H,5H2,(H2,12,13)(H,15,16). The lowest BCUT2D eigenvalue weighted by Gasteiger charge is -2.17. The topological polar surface area (TPSA) is 88.2 Å². The number of rotatable bonds is 3. The Morgan fingerprint density at radius 3 is 2.94 bits per heavy atom. The lowest BCUT2D eigenvalue weighted by atomic mass is 10.2. The average Bonchev–Trinajstić information content (AvgIpc) is 2.63. The van der Waals surface area contributed by atoms with E-state index in [9.17, 15) is 9.18 Å². The van der Waals surface area contributed by atoms with E-state index >= 15 is 0 Å². The Morgan fingerprint density at radius 1 is 1.59 bits per heavy atom. The molecule has 0 aliphatic carbocycles. The summed E-state index contributed by atoms with van der Waals surface area (Å²) in [7, 11) is 0. The van der Waals surface area contributed by atoms with Crippen LogP contribution in [-0.4, -0.2) is 28.0 Å². The molecule has 0 radical (unpaired) electrons. The molecule has 90 valence electrons. The van der Waals surface area contributed by atoms with Crippen molar-refractivity contribution in [2.45, 2.75) is 12.6 Å². The van der Waals surface area contributed by atoms with Gasteiger partial charge in [0.1, 0.15) is 5.82 Å². The van der Waals surface area contributed by atoms with Crippen molar-refractivity contribution in [2.75, 3.05) is 0 Å². The zero-order valence-electron chi connectivity index (χ0n) is 8.71. The minimum Gasteiger partial charge on any atom is -0.480 e. The molecule has 0 spiro atoms. The number of nitrogens with two attached hydrogens (primary N) is 1. The number of hydrogen-bond acceptors (Lipinski definition) is 5. The summed E-state index contributed by atoms with van der Waals surface area (Å²) in [5, 5.41) is 13.3. The van der Waals surface area contributed by atoms with Gasteiger partial charge in [0.25, 0.3) is 0 Å². The van der Waals surface area contributed by atoms with Crippen LogP contribution in [0.4, 0.5) is 4.39 Å². The molecule has 1 aliphatic rings. The summed E-state index contributed by atoms with van der Waals surface area (Å²) in [4.78, 5) is 15.7. The maximum absolute atomic E-state index is 13.4. The number of carbonyl (C=O) groups is 1. The summed E-state index contributed by atoms with van der Waals surface area (Å²) in [6.07, 6.45) is 0. The molecule has 6 nitrogen and oxygen atoms in total. The third kappa shape index (κ3) is 2.18. The molecule has 0 fully saturated rings. The van der Waals surface area contributed by atoms with E-state index in [-0.39, 0.29) is 12.4 Å². The Balaban J connectivity index is 2.15. The number of hydroxylamine groups is 2. The Hall–Kier alpha value is -2.15. The van der Waals surface area contributed by atoms with Crippen LogP contribution < -0.4 is 5.73 Å².